The Morgan fingerprint density at radius 1 is 0.944 bits per heavy atom. The maximum Gasteiger partial charge on any atom is 0.186 e. The summed E-state index contributed by atoms with van der Waals surface area (Å²) in [7, 11) is 0. The van der Waals surface area contributed by atoms with Crippen LogP contribution in [0.15, 0.2) is 48.5 Å². The third-order valence-electron chi connectivity index (χ3n) is 2.41. The zero-order chi connectivity index (χ0) is 13.0. The van der Waals surface area contributed by atoms with Crippen LogP contribution >= 0.6 is 23.2 Å². The maximum atomic E-state index is 6.11. The molecule has 0 aliphatic rings. The number of halogens is 2. The van der Waals surface area contributed by atoms with Crippen molar-refractivity contribution in [2.45, 2.75) is 6.10 Å². The zero-order valence-electron chi connectivity index (χ0n) is 9.44. The van der Waals surface area contributed by atoms with Gasteiger partial charge in [0.1, 0.15) is 5.75 Å². The summed E-state index contributed by atoms with van der Waals surface area (Å²) in [5.74, 6) is 3.23. The van der Waals surface area contributed by atoms with Crippen molar-refractivity contribution in [1.29, 1.82) is 0 Å². The van der Waals surface area contributed by atoms with Crippen LogP contribution < -0.4 is 4.74 Å². The van der Waals surface area contributed by atoms with Crippen LogP contribution in [-0.2, 0) is 0 Å². The van der Waals surface area contributed by atoms with E-state index in [1.165, 1.54) is 0 Å². The van der Waals surface area contributed by atoms with E-state index in [0.717, 1.165) is 0 Å². The fourth-order valence-corrected chi connectivity index (χ4v) is 2.17. The van der Waals surface area contributed by atoms with Crippen molar-refractivity contribution in [2.75, 3.05) is 0 Å². The summed E-state index contributed by atoms with van der Waals surface area (Å²) in [6, 6.07) is 14.5. The summed E-state index contributed by atoms with van der Waals surface area (Å²) >= 11 is 12.2. The first-order chi connectivity index (χ1) is 8.72. The molecule has 0 radical (unpaired) electrons. The average molecular weight is 277 g/mol. The molecule has 1 atom stereocenters. The molecule has 0 saturated heterocycles. The van der Waals surface area contributed by atoms with Gasteiger partial charge in [-0.05, 0) is 24.3 Å². The number of para-hydroxylation sites is 1. The third-order valence-corrected chi connectivity index (χ3v) is 3.07. The van der Waals surface area contributed by atoms with Gasteiger partial charge in [0, 0.05) is 15.6 Å². The summed E-state index contributed by atoms with van der Waals surface area (Å²) in [6.07, 6.45) is 4.89. The molecule has 0 aliphatic heterocycles. The maximum absolute atomic E-state index is 6.11. The largest absolute Gasteiger partial charge is 0.473 e. The molecule has 90 valence electrons. The van der Waals surface area contributed by atoms with Gasteiger partial charge in [0.2, 0.25) is 0 Å². The number of rotatable bonds is 3. The van der Waals surface area contributed by atoms with Gasteiger partial charge in [-0.2, -0.15) is 0 Å². The Hall–Kier alpha value is -1.62. The molecular formula is C15H10Cl2O. The molecule has 0 aliphatic carbocycles. The van der Waals surface area contributed by atoms with Crippen LogP contribution in [0.2, 0.25) is 10.0 Å². The highest BCUT2D eigenvalue weighted by Crippen LogP contribution is 2.32. The Balaban J connectivity index is 2.33. The van der Waals surface area contributed by atoms with Crippen molar-refractivity contribution >= 4 is 23.2 Å². The quantitative estimate of drug-likeness (QED) is 0.736. The van der Waals surface area contributed by atoms with E-state index in [1.54, 1.807) is 18.2 Å². The second kappa shape index (κ2) is 5.82. The van der Waals surface area contributed by atoms with Crippen molar-refractivity contribution in [3.05, 3.63) is 64.1 Å². The predicted molar refractivity (Wildman–Crippen MR) is 75.1 cm³/mol. The van der Waals surface area contributed by atoms with Crippen LogP contribution in [0.3, 0.4) is 0 Å². The smallest absolute Gasteiger partial charge is 0.186 e. The van der Waals surface area contributed by atoms with Crippen LogP contribution in [0.4, 0.5) is 0 Å². The second-order valence-electron chi connectivity index (χ2n) is 3.61. The molecule has 0 saturated carbocycles. The van der Waals surface area contributed by atoms with Crippen LogP contribution in [0.5, 0.6) is 5.75 Å². The van der Waals surface area contributed by atoms with Crippen LogP contribution in [0.1, 0.15) is 11.7 Å². The van der Waals surface area contributed by atoms with Gasteiger partial charge in [-0.3, -0.25) is 0 Å². The molecule has 1 unspecified atom stereocenters. The van der Waals surface area contributed by atoms with Crippen LogP contribution in [0, 0.1) is 12.3 Å². The van der Waals surface area contributed by atoms with E-state index in [1.807, 2.05) is 30.3 Å². The van der Waals surface area contributed by atoms with Gasteiger partial charge in [-0.25, -0.2) is 0 Å². The average Bonchev–Trinajstić information content (AvgIpc) is 2.38. The molecule has 0 amide bonds. The molecule has 0 N–H and O–H groups in total. The fourth-order valence-electron chi connectivity index (χ4n) is 1.57. The van der Waals surface area contributed by atoms with Crippen molar-refractivity contribution in [1.82, 2.24) is 0 Å². The summed E-state index contributed by atoms with van der Waals surface area (Å²) in [5.41, 5.74) is 0.618. The third kappa shape index (κ3) is 2.79. The lowest BCUT2D eigenvalue weighted by atomic mass is 10.1. The molecular weight excluding hydrogens is 267 g/mol. The molecule has 18 heavy (non-hydrogen) atoms. The Bertz CT molecular complexity index is 553. The Kier molecular flexibility index (Phi) is 4.15. The van der Waals surface area contributed by atoms with E-state index in [0.29, 0.717) is 21.4 Å². The summed E-state index contributed by atoms with van der Waals surface area (Å²) in [4.78, 5) is 0. The topological polar surface area (TPSA) is 9.23 Å². The highest BCUT2D eigenvalue weighted by Gasteiger charge is 2.17. The predicted octanol–water partition coefficient (Wildman–Crippen LogP) is 4.75. The lowest BCUT2D eigenvalue weighted by Crippen LogP contribution is -2.06. The minimum absolute atomic E-state index is 0.501. The molecule has 2 aromatic rings. The van der Waals surface area contributed by atoms with Crippen LogP contribution in [0.25, 0.3) is 0 Å². The first-order valence-electron chi connectivity index (χ1n) is 5.34. The molecule has 0 bridgehead atoms. The summed E-state index contributed by atoms with van der Waals surface area (Å²) in [6.45, 7) is 0. The first kappa shape index (κ1) is 12.8. The molecule has 3 heteroatoms. The SMILES string of the molecule is C#CC(Oc1ccccc1)c1c(Cl)cccc1Cl. The Morgan fingerprint density at radius 3 is 2.11 bits per heavy atom. The highest BCUT2D eigenvalue weighted by molar-refractivity contribution is 6.36. The number of benzene rings is 2. The van der Waals surface area contributed by atoms with Crippen molar-refractivity contribution in [3.63, 3.8) is 0 Å². The van der Waals surface area contributed by atoms with Gasteiger partial charge in [-0.15, -0.1) is 6.42 Å². The van der Waals surface area contributed by atoms with Gasteiger partial charge in [0.05, 0.1) is 0 Å². The zero-order valence-corrected chi connectivity index (χ0v) is 10.9. The molecule has 0 spiro atoms. The second-order valence-corrected chi connectivity index (χ2v) is 4.43. The number of ether oxygens (including phenoxy) is 1. The molecule has 2 rings (SSSR count). The standard InChI is InChI=1S/C15H10Cl2O/c1-2-14(18-11-7-4-3-5-8-11)15-12(16)9-6-10-13(15)17/h1,3-10,14H. The van der Waals surface area contributed by atoms with Crippen molar-refractivity contribution < 1.29 is 4.74 Å². The molecule has 1 nitrogen and oxygen atoms in total. The Morgan fingerprint density at radius 2 is 1.56 bits per heavy atom. The summed E-state index contributed by atoms with van der Waals surface area (Å²) in [5, 5.41) is 1.00. The van der Waals surface area contributed by atoms with Crippen molar-refractivity contribution in [3.8, 4) is 18.1 Å². The number of hydrogen-bond donors (Lipinski definition) is 0. The lowest BCUT2D eigenvalue weighted by molar-refractivity contribution is 0.265. The fraction of sp³-hybridized carbons (Fsp3) is 0.0667. The van der Waals surface area contributed by atoms with Crippen molar-refractivity contribution in [2.24, 2.45) is 0 Å². The van der Waals surface area contributed by atoms with Gasteiger partial charge >= 0.3 is 0 Å². The van der Waals surface area contributed by atoms with E-state index >= 15 is 0 Å². The van der Waals surface area contributed by atoms with E-state index in [2.05, 4.69) is 5.92 Å². The Labute approximate surface area is 116 Å². The molecule has 0 fully saturated rings. The minimum Gasteiger partial charge on any atom is -0.473 e. The minimum atomic E-state index is -0.603. The van der Waals surface area contributed by atoms with E-state index in [9.17, 15) is 0 Å². The van der Waals surface area contributed by atoms with Gasteiger partial charge < -0.3 is 4.74 Å². The van der Waals surface area contributed by atoms with Crippen LogP contribution in [-0.4, -0.2) is 0 Å². The van der Waals surface area contributed by atoms with E-state index in [-0.39, 0.29) is 0 Å². The number of hydrogen-bond acceptors (Lipinski definition) is 1. The number of terminal acetylenes is 1. The monoisotopic (exact) mass is 276 g/mol. The molecule has 2 aromatic carbocycles. The van der Waals surface area contributed by atoms with Gasteiger partial charge in [0.25, 0.3) is 0 Å². The van der Waals surface area contributed by atoms with E-state index in [4.69, 9.17) is 34.4 Å². The summed E-state index contributed by atoms with van der Waals surface area (Å²) < 4.78 is 5.71. The normalized spacial score (nSPS) is 11.6. The molecule has 0 heterocycles. The molecule has 0 aromatic heterocycles. The van der Waals surface area contributed by atoms with Gasteiger partial charge in [-0.1, -0.05) is 53.4 Å². The highest BCUT2D eigenvalue weighted by atomic mass is 35.5. The first-order valence-corrected chi connectivity index (χ1v) is 6.09. The lowest BCUT2D eigenvalue weighted by Gasteiger charge is -2.16. The van der Waals surface area contributed by atoms with E-state index < -0.39 is 6.10 Å². The van der Waals surface area contributed by atoms with Gasteiger partial charge in [0.15, 0.2) is 6.10 Å².